The van der Waals surface area contributed by atoms with Crippen molar-refractivity contribution in [1.29, 1.82) is 0 Å². The Morgan fingerprint density at radius 3 is 2.68 bits per heavy atom. The molecule has 0 bridgehead atoms. The largest absolute Gasteiger partial charge is 0.487 e. The van der Waals surface area contributed by atoms with Crippen molar-refractivity contribution < 1.29 is 13.9 Å². The van der Waals surface area contributed by atoms with Gasteiger partial charge in [0, 0.05) is 5.56 Å². The van der Waals surface area contributed by atoms with E-state index in [1.54, 1.807) is 24.3 Å². The Bertz CT molecular complexity index is 611. The number of carbonyl (C=O) groups is 1. The molecule has 2 rings (SSSR count). The van der Waals surface area contributed by atoms with Crippen molar-refractivity contribution in [3.8, 4) is 5.75 Å². The molecule has 0 radical (unpaired) electrons. The topological polar surface area (TPSA) is 26.3 Å². The van der Waals surface area contributed by atoms with Gasteiger partial charge in [-0.1, -0.05) is 17.7 Å². The molecule has 0 fully saturated rings. The molecule has 0 aliphatic carbocycles. The van der Waals surface area contributed by atoms with Crippen LogP contribution in [-0.2, 0) is 6.61 Å². The van der Waals surface area contributed by atoms with Crippen molar-refractivity contribution in [2.75, 3.05) is 0 Å². The normalized spacial score (nSPS) is 10.3. The number of benzene rings is 2. The highest BCUT2D eigenvalue weighted by molar-refractivity contribution is 6.32. The number of hydrogen-bond acceptors (Lipinski definition) is 2. The molecule has 0 spiro atoms. The number of ether oxygens (including phenoxy) is 1. The van der Waals surface area contributed by atoms with E-state index in [4.69, 9.17) is 16.3 Å². The maximum absolute atomic E-state index is 13.0. The van der Waals surface area contributed by atoms with Crippen LogP contribution in [0.3, 0.4) is 0 Å². The molecule has 4 heteroatoms. The molecule has 98 valence electrons. The second-order valence-corrected chi connectivity index (χ2v) is 4.57. The molecule has 2 nitrogen and oxygen atoms in total. The first-order chi connectivity index (χ1) is 9.10. The first-order valence-electron chi connectivity index (χ1n) is 5.72. The van der Waals surface area contributed by atoms with Gasteiger partial charge in [0.2, 0.25) is 0 Å². The number of aryl methyl sites for hydroxylation is 1. The molecular formula is C15H12ClFO2. The van der Waals surface area contributed by atoms with Gasteiger partial charge in [-0.15, -0.1) is 0 Å². The predicted octanol–water partition coefficient (Wildman–Crippen LogP) is 4.18. The van der Waals surface area contributed by atoms with Crippen molar-refractivity contribution >= 4 is 17.9 Å². The molecule has 2 aromatic rings. The van der Waals surface area contributed by atoms with E-state index in [-0.39, 0.29) is 5.82 Å². The monoisotopic (exact) mass is 278 g/mol. The number of hydrogen-bond donors (Lipinski definition) is 0. The van der Waals surface area contributed by atoms with Gasteiger partial charge in [0.1, 0.15) is 24.5 Å². The van der Waals surface area contributed by atoms with Gasteiger partial charge in [0.15, 0.2) is 0 Å². The third-order valence-corrected chi connectivity index (χ3v) is 3.08. The second-order valence-electron chi connectivity index (χ2n) is 4.17. The number of rotatable bonds is 4. The molecule has 0 N–H and O–H groups in total. The van der Waals surface area contributed by atoms with Crippen LogP contribution < -0.4 is 4.74 Å². The minimum Gasteiger partial charge on any atom is -0.487 e. The molecule has 19 heavy (non-hydrogen) atoms. The standard InChI is InChI=1S/C15H12ClFO2/c1-10-6-13(17)4-3-12(10)9-19-15-5-2-11(8-18)7-14(15)16/h2-8H,9H2,1H3. The maximum Gasteiger partial charge on any atom is 0.150 e. The van der Waals surface area contributed by atoms with Gasteiger partial charge in [0.25, 0.3) is 0 Å². The van der Waals surface area contributed by atoms with Gasteiger partial charge in [0.05, 0.1) is 5.02 Å². The van der Waals surface area contributed by atoms with Crippen LogP contribution in [0, 0.1) is 12.7 Å². The first-order valence-corrected chi connectivity index (χ1v) is 6.10. The first kappa shape index (κ1) is 13.6. The molecule has 0 saturated carbocycles. The average Bonchev–Trinajstić information content (AvgIpc) is 2.39. The molecule has 0 unspecified atom stereocenters. The van der Waals surface area contributed by atoms with Crippen LogP contribution in [0.15, 0.2) is 36.4 Å². The van der Waals surface area contributed by atoms with Gasteiger partial charge in [-0.2, -0.15) is 0 Å². The van der Waals surface area contributed by atoms with E-state index in [0.29, 0.717) is 22.9 Å². The van der Waals surface area contributed by atoms with Crippen molar-refractivity contribution in [3.05, 3.63) is 63.9 Å². The number of aldehydes is 1. The highest BCUT2D eigenvalue weighted by Crippen LogP contribution is 2.26. The van der Waals surface area contributed by atoms with E-state index in [2.05, 4.69) is 0 Å². The second kappa shape index (κ2) is 5.85. The Morgan fingerprint density at radius 1 is 1.26 bits per heavy atom. The lowest BCUT2D eigenvalue weighted by molar-refractivity contribution is 0.112. The van der Waals surface area contributed by atoms with Gasteiger partial charge >= 0.3 is 0 Å². The van der Waals surface area contributed by atoms with Crippen molar-refractivity contribution in [2.45, 2.75) is 13.5 Å². The SMILES string of the molecule is Cc1cc(F)ccc1COc1ccc(C=O)cc1Cl. The summed E-state index contributed by atoms with van der Waals surface area (Å²) in [5.41, 5.74) is 2.20. The van der Waals surface area contributed by atoms with Gasteiger partial charge in [-0.25, -0.2) is 4.39 Å². The van der Waals surface area contributed by atoms with Crippen molar-refractivity contribution in [3.63, 3.8) is 0 Å². The average molecular weight is 279 g/mol. The van der Waals surface area contributed by atoms with Crippen LogP contribution in [0.25, 0.3) is 0 Å². The zero-order valence-electron chi connectivity index (χ0n) is 10.3. The fraction of sp³-hybridized carbons (Fsp3) is 0.133. The summed E-state index contributed by atoms with van der Waals surface area (Å²) >= 11 is 6.00. The summed E-state index contributed by atoms with van der Waals surface area (Å²) in [5.74, 6) is 0.227. The van der Waals surface area contributed by atoms with E-state index < -0.39 is 0 Å². The molecule has 0 amide bonds. The van der Waals surface area contributed by atoms with E-state index in [9.17, 15) is 9.18 Å². The fourth-order valence-corrected chi connectivity index (χ4v) is 1.93. The fourth-order valence-electron chi connectivity index (χ4n) is 1.68. The molecule has 0 aliphatic heterocycles. The van der Waals surface area contributed by atoms with Gasteiger partial charge in [-0.3, -0.25) is 4.79 Å². The van der Waals surface area contributed by atoms with Crippen LogP contribution in [0.1, 0.15) is 21.5 Å². The summed E-state index contributed by atoms with van der Waals surface area (Å²) in [6.07, 6.45) is 0.722. The summed E-state index contributed by atoms with van der Waals surface area (Å²) in [6, 6.07) is 9.34. The third-order valence-electron chi connectivity index (χ3n) is 2.78. The molecule has 0 atom stereocenters. The molecule has 0 heterocycles. The van der Waals surface area contributed by atoms with Crippen LogP contribution in [-0.4, -0.2) is 6.29 Å². The van der Waals surface area contributed by atoms with Crippen LogP contribution in [0.2, 0.25) is 5.02 Å². The van der Waals surface area contributed by atoms with E-state index in [0.717, 1.165) is 17.4 Å². The van der Waals surface area contributed by atoms with Crippen molar-refractivity contribution in [2.24, 2.45) is 0 Å². The lowest BCUT2D eigenvalue weighted by atomic mass is 10.1. The smallest absolute Gasteiger partial charge is 0.150 e. The Labute approximate surface area is 115 Å². The predicted molar refractivity (Wildman–Crippen MR) is 72.3 cm³/mol. The van der Waals surface area contributed by atoms with Crippen LogP contribution >= 0.6 is 11.6 Å². The number of carbonyl (C=O) groups excluding carboxylic acids is 1. The minimum atomic E-state index is -0.269. The lowest BCUT2D eigenvalue weighted by Gasteiger charge is -2.10. The quantitative estimate of drug-likeness (QED) is 0.784. The van der Waals surface area contributed by atoms with Crippen molar-refractivity contribution in [1.82, 2.24) is 0 Å². The lowest BCUT2D eigenvalue weighted by Crippen LogP contribution is -1.99. The van der Waals surface area contributed by atoms with Crippen LogP contribution in [0.5, 0.6) is 5.75 Å². The molecule has 0 aromatic heterocycles. The van der Waals surface area contributed by atoms with Crippen LogP contribution in [0.4, 0.5) is 4.39 Å². The summed E-state index contributed by atoms with van der Waals surface area (Å²) in [7, 11) is 0. The summed E-state index contributed by atoms with van der Waals surface area (Å²) in [6.45, 7) is 2.12. The Balaban J connectivity index is 2.12. The Hall–Kier alpha value is -1.87. The van der Waals surface area contributed by atoms with E-state index >= 15 is 0 Å². The molecular weight excluding hydrogens is 267 g/mol. The Morgan fingerprint density at radius 2 is 2.05 bits per heavy atom. The minimum absolute atomic E-state index is 0.269. The zero-order valence-corrected chi connectivity index (χ0v) is 11.1. The molecule has 0 saturated heterocycles. The van der Waals surface area contributed by atoms with E-state index in [1.165, 1.54) is 12.1 Å². The maximum atomic E-state index is 13.0. The highest BCUT2D eigenvalue weighted by atomic mass is 35.5. The summed E-state index contributed by atoms with van der Waals surface area (Å²) in [4.78, 5) is 10.6. The summed E-state index contributed by atoms with van der Waals surface area (Å²) < 4.78 is 18.5. The van der Waals surface area contributed by atoms with Gasteiger partial charge in [-0.05, 0) is 48.4 Å². The molecule has 2 aromatic carbocycles. The van der Waals surface area contributed by atoms with E-state index in [1.807, 2.05) is 6.92 Å². The van der Waals surface area contributed by atoms with Gasteiger partial charge < -0.3 is 4.74 Å². The third kappa shape index (κ3) is 3.32. The number of halogens is 2. The highest BCUT2D eigenvalue weighted by Gasteiger charge is 2.05. The summed E-state index contributed by atoms with van der Waals surface area (Å²) in [5, 5.41) is 0.379. The zero-order chi connectivity index (χ0) is 13.8. The molecule has 0 aliphatic rings. The Kier molecular flexibility index (Phi) is 4.17.